The van der Waals surface area contributed by atoms with Crippen LogP contribution in [0.5, 0.6) is 0 Å². The minimum atomic E-state index is -0.0444. The van der Waals surface area contributed by atoms with Crippen molar-refractivity contribution in [1.29, 1.82) is 0 Å². The van der Waals surface area contributed by atoms with Crippen LogP contribution < -0.4 is 20.9 Å². The molecule has 150 valence electrons. The molecular weight excluding hydrogens is 457 g/mol. The standard InChI is InChI=1S/C19H29N5O2.HI/c1-3-11-21-17(25)14-23-19(20-4-2)22-13-15-7-9-16(10-8-15)24-12-5-6-18(24)26;/h7-10H,3-6,11-14H2,1-2H3,(H,21,25)(H2,20,22,23);1H. The molecule has 3 N–H and O–H groups in total. The maximum Gasteiger partial charge on any atom is 0.239 e. The summed E-state index contributed by atoms with van der Waals surface area (Å²) in [4.78, 5) is 29.8. The van der Waals surface area contributed by atoms with Gasteiger partial charge in [0, 0.05) is 31.7 Å². The van der Waals surface area contributed by atoms with E-state index in [1.165, 1.54) is 0 Å². The molecule has 1 aliphatic heterocycles. The van der Waals surface area contributed by atoms with Gasteiger partial charge in [-0.25, -0.2) is 4.99 Å². The van der Waals surface area contributed by atoms with Gasteiger partial charge in [-0.3, -0.25) is 9.59 Å². The summed E-state index contributed by atoms with van der Waals surface area (Å²) in [7, 11) is 0. The Hall–Kier alpha value is -1.84. The summed E-state index contributed by atoms with van der Waals surface area (Å²) in [5.41, 5.74) is 1.99. The van der Waals surface area contributed by atoms with Crippen molar-refractivity contribution in [2.45, 2.75) is 39.7 Å². The molecule has 0 radical (unpaired) electrons. The lowest BCUT2D eigenvalue weighted by molar-refractivity contribution is -0.120. The predicted octanol–water partition coefficient (Wildman–Crippen LogP) is 2.01. The number of aliphatic imine (C=N–C) groups is 1. The lowest BCUT2D eigenvalue weighted by Crippen LogP contribution is -2.43. The molecule has 0 atom stereocenters. The van der Waals surface area contributed by atoms with Crippen LogP contribution in [0, 0.1) is 0 Å². The van der Waals surface area contributed by atoms with Gasteiger partial charge in [0.2, 0.25) is 11.8 Å². The Labute approximate surface area is 178 Å². The Morgan fingerprint density at radius 1 is 1.15 bits per heavy atom. The van der Waals surface area contributed by atoms with Gasteiger partial charge in [0.05, 0.1) is 13.1 Å². The zero-order valence-electron chi connectivity index (χ0n) is 16.1. The molecule has 27 heavy (non-hydrogen) atoms. The van der Waals surface area contributed by atoms with Crippen molar-refractivity contribution in [2.24, 2.45) is 4.99 Å². The van der Waals surface area contributed by atoms with Crippen LogP contribution in [-0.4, -0.2) is 44.0 Å². The van der Waals surface area contributed by atoms with Crippen molar-refractivity contribution >= 4 is 47.4 Å². The second kappa shape index (κ2) is 12.5. The van der Waals surface area contributed by atoms with E-state index >= 15 is 0 Å². The fourth-order valence-corrected chi connectivity index (χ4v) is 2.71. The van der Waals surface area contributed by atoms with E-state index in [9.17, 15) is 9.59 Å². The Bertz CT molecular complexity index is 633. The summed E-state index contributed by atoms with van der Waals surface area (Å²) >= 11 is 0. The van der Waals surface area contributed by atoms with Gasteiger partial charge in [-0.05, 0) is 37.5 Å². The SMILES string of the molecule is CCCNC(=O)CNC(=NCc1ccc(N2CCCC2=O)cc1)NCC.I. The normalized spacial score (nSPS) is 13.9. The van der Waals surface area contributed by atoms with Crippen LogP contribution in [0.3, 0.4) is 0 Å². The van der Waals surface area contributed by atoms with Crippen LogP contribution in [-0.2, 0) is 16.1 Å². The Morgan fingerprint density at radius 2 is 1.89 bits per heavy atom. The summed E-state index contributed by atoms with van der Waals surface area (Å²) in [6.07, 6.45) is 2.48. The van der Waals surface area contributed by atoms with Gasteiger partial charge in [-0.1, -0.05) is 19.1 Å². The number of nitrogens with zero attached hydrogens (tertiary/aromatic N) is 2. The number of amides is 2. The average molecular weight is 487 g/mol. The van der Waals surface area contributed by atoms with Crippen molar-refractivity contribution in [2.75, 3.05) is 31.1 Å². The van der Waals surface area contributed by atoms with Gasteiger partial charge in [0.1, 0.15) is 0 Å². The molecule has 7 nitrogen and oxygen atoms in total. The topological polar surface area (TPSA) is 85.8 Å². The van der Waals surface area contributed by atoms with Crippen LogP contribution >= 0.6 is 24.0 Å². The Morgan fingerprint density at radius 3 is 2.48 bits per heavy atom. The molecule has 0 bridgehead atoms. The molecule has 1 heterocycles. The second-order valence-corrected chi connectivity index (χ2v) is 6.21. The molecule has 1 saturated heterocycles. The fraction of sp³-hybridized carbons (Fsp3) is 0.526. The van der Waals surface area contributed by atoms with E-state index in [2.05, 4.69) is 20.9 Å². The number of nitrogens with one attached hydrogen (secondary N) is 3. The van der Waals surface area contributed by atoms with Gasteiger partial charge in [0.15, 0.2) is 5.96 Å². The van der Waals surface area contributed by atoms with E-state index in [1.54, 1.807) is 0 Å². The van der Waals surface area contributed by atoms with Crippen LogP contribution in [0.15, 0.2) is 29.3 Å². The number of carbonyl (C=O) groups excluding carboxylic acids is 2. The highest BCUT2D eigenvalue weighted by molar-refractivity contribution is 14.0. The number of rotatable bonds is 8. The first-order valence-electron chi connectivity index (χ1n) is 9.32. The second-order valence-electron chi connectivity index (χ2n) is 6.21. The molecule has 0 saturated carbocycles. The van der Waals surface area contributed by atoms with Crippen LogP contribution in [0.2, 0.25) is 0 Å². The van der Waals surface area contributed by atoms with E-state index in [0.717, 1.165) is 37.2 Å². The molecule has 1 aliphatic rings. The maximum absolute atomic E-state index is 11.8. The van der Waals surface area contributed by atoms with E-state index in [4.69, 9.17) is 0 Å². The fourth-order valence-electron chi connectivity index (χ4n) is 2.71. The molecule has 0 spiro atoms. The molecule has 0 aliphatic carbocycles. The molecular formula is C19H30IN5O2. The Balaban J connectivity index is 0.00000364. The summed E-state index contributed by atoms with van der Waals surface area (Å²) < 4.78 is 0. The number of carbonyl (C=O) groups is 2. The quantitative estimate of drug-likeness (QED) is 0.298. The van der Waals surface area contributed by atoms with Crippen molar-refractivity contribution in [3.8, 4) is 0 Å². The smallest absolute Gasteiger partial charge is 0.239 e. The van der Waals surface area contributed by atoms with Gasteiger partial charge < -0.3 is 20.9 Å². The molecule has 0 unspecified atom stereocenters. The molecule has 1 aromatic rings. The maximum atomic E-state index is 11.8. The van der Waals surface area contributed by atoms with Crippen molar-refractivity contribution in [3.05, 3.63) is 29.8 Å². The minimum Gasteiger partial charge on any atom is -0.357 e. The molecule has 1 fully saturated rings. The van der Waals surface area contributed by atoms with E-state index in [-0.39, 0.29) is 42.3 Å². The van der Waals surface area contributed by atoms with E-state index in [0.29, 0.717) is 25.5 Å². The molecule has 0 aromatic heterocycles. The zero-order chi connectivity index (χ0) is 18.8. The van der Waals surface area contributed by atoms with Crippen LogP contribution in [0.25, 0.3) is 0 Å². The lowest BCUT2D eigenvalue weighted by atomic mass is 10.2. The number of hydrogen-bond acceptors (Lipinski definition) is 3. The van der Waals surface area contributed by atoms with Gasteiger partial charge in [-0.15, -0.1) is 24.0 Å². The molecule has 2 rings (SSSR count). The first kappa shape index (κ1) is 23.2. The summed E-state index contributed by atoms with van der Waals surface area (Å²) in [6, 6.07) is 7.91. The third-order valence-electron chi connectivity index (χ3n) is 4.07. The largest absolute Gasteiger partial charge is 0.357 e. The number of guanidine groups is 1. The zero-order valence-corrected chi connectivity index (χ0v) is 18.4. The highest BCUT2D eigenvalue weighted by Gasteiger charge is 2.21. The monoisotopic (exact) mass is 487 g/mol. The minimum absolute atomic E-state index is 0. The molecule has 8 heteroatoms. The van der Waals surface area contributed by atoms with Crippen molar-refractivity contribution < 1.29 is 9.59 Å². The predicted molar refractivity (Wildman–Crippen MR) is 120 cm³/mol. The Kier molecular flexibility index (Phi) is 10.8. The number of anilines is 1. The lowest BCUT2D eigenvalue weighted by Gasteiger charge is -2.16. The van der Waals surface area contributed by atoms with Crippen LogP contribution in [0.1, 0.15) is 38.7 Å². The van der Waals surface area contributed by atoms with Crippen molar-refractivity contribution in [1.82, 2.24) is 16.0 Å². The summed E-state index contributed by atoms with van der Waals surface area (Å²) in [5.74, 6) is 0.755. The molecule has 1 aromatic carbocycles. The summed E-state index contributed by atoms with van der Waals surface area (Å²) in [6.45, 7) is 6.89. The average Bonchev–Trinajstić information content (AvgIpc) is 3.08. The third-order valence-corrected chi connectivity index (χ3v) is 4.07. The highest BCUT2D eigenvalue weighted by atomic mass is 127. The first-order chi connectivity index (χ1) is 12.6. The van der Waals surface area contributed by atoms with E-state index in [1.807, 2.05) is 43.0 Å². The molecule has 2 amide bonds. The third kappa shape index (κ3) is 7.74. The van der Waals surface area contributed by atoms with Crippen molar-refractivity contribution in [3.63, 3.8) is 0 Å². The highest BCUT2D eigenvalue weighted by Crippen LogP contribution is 2.21. The van der Waals surface area contributed by atoms with Gasteiger partial charge in [-0.2, -0.15) is 0 Å². The number of hydrogen-bond donors (Lipinski definition) is 3. The van der Waals surface area contributed by atoms with Gasteiger partial charge in [0.25, 0.3) is 0 Å². The van der Waals surface area contributed by atoms with Crippen LogP contribution in [0.4, 0.5) is 5.69 Å². The number of halogens is 1. The van der Waals surface area contributed by atoms with E-state index < -0.39 is 0 Å². The first-order valence-corrected chi connectivity index (χ1v) is 9.32. The number of benzene rings is 1. The van der Waals surface area contributed by atoms with Gasteiger partial charge >= 0.3 is 0 Å². The summed E-state index contributed by atoms with van der Waals surface area (Å²) in [5, 5.41) is 8.99.